The smallest absolute Gasteiger partial charge is 0.289 e. The van der Waals surface area contributed by atoms with Crippen LogP contribution in [0.15, 0.2) is 42.5 Å². The molecular formula is C19H18N4O6. The van der Waals surface area contributed by atoms with Crippen molar-refractivity contribution in [1.29, 1.82) is 0 Å². The number of nitro groups is 2. The molecule has 1 heterocycles. The van der Waals surface area contributed by atoms with Gasteiger partial charge in [-0.25, -0.2) is 0 Å². The van der Waals surface area contributed by atoms with E-state index in [9.17, 15) is 29.8 Å². The van der Waals surface area contributed by atoms with Crippen molar-refractivity contribution in [3.63, 3.8) is 0 Å². The number of nitro benzene ring substituents is 2. The SMILES string of the molecule is O=C(Nc1ccc(C(=O)N2CCCCC2)cc1)c1ccc([N+](=O)[O-])cc1[N+](=O)[O-]. The highest BCUT2D eigenvalue weighted by Gasteiger charge is 2.24. The normalized spacial score (nSPS) is 13.6. The largest absolute Gasteiger partial charge is 0.339 e. The Morgan fingerprint density at radius 3 is 2.14 bits per heavy atom. The fourth-order valence-corrected chi connectivity index (χ4v) is 3.15. The van der Waals surface area contributed by atoms with Gasteiger partial charge in [0, 0.05) is 30.4 Å². The third-order valence-corrected chi connectivity index (χ3v) is 4.67. The molecule has 2 aromatic rings. The first-order chi connectivity index (χ1) is 13.9. The minimum Gasteiger partial charge on any atom is -0.339 e. The maximum atomic E-state index is 12.5. The number of anilines is 1. The number of carbonyl (C=O) groups is 2. The van der Waals surface area contributed by atoms with Crippen molar-refractivity contribution in [2.45, 2.75) is 19.3 Å². The summed E-state index contributed by atoms with van der Waals surface area (Å²) >= 11 is 0. The summed E-state index contributed by atoms with van der Waals surface area (Å²) < 4.78 is 0. The summed E-state index contributed by atoms with van der Waals surface area (Å²) in [6, 6.07) is 9.05. The van der Waals surface area contributed by atoms with E-state index in [1.807, 2.05) is 0 Å². The fourth-order valence-electron chi connectivity index (χ4n) is 3.15. The summed E-state index contributed by atoms with van der Waals surface area (Å²) in [7, 11) is 0. The molecule has 1 N–H and O–H groups in total. The summed E-state index contributed by atoms with van der Waals surface area (Å²) in [5.41, 5.74) is -0.597. The monoisotopic (exact) mass is 398 g/mol. The number of carbonyl (C=O) groups excluding carboxylic acids is 2. The van der Waals surface area contributed by atoms with Crippen LogP contribution < -0.4 is 5.32 Å². The first-order valence-corrected chi connectivity index (χ1v) is 9.00. The van der Waals surface area contributed by atoms with Crippen molar-refractivity contribution in [1.82, 2.24) is 4.90 Å². The zero-order valence-corrected chi connectivity index (χ0v) is 15.4. The number of non-ortho nitro benzene ring substituents is 1. The van der Waals surface area contributed by atoms with Crippen LogP contribution in [0.3, 0.4) is 0 Å². The van der Waals surface area contributed by atoms with Gasteiger partial charge in [0.1, 0.15) is 5.56 Å². The van der Waals surface area contributed by atoms with Gasteiger partial charge in [-0.15, -0.1) is 0 Å². The van der Waals surface area contributed by atoms with Gasteiger partial charge in [0.25, 0.3) is 23.2 Å². The van der Waals surface area contributed by atoms with E-state index in [1.54, 1.807) is 17.0 Å². The Bertz CT molecular complexity index is 967. The molecule has 29 heavy (non-hydrogen) atoms. The molecular weight excluding hydrogens is 380 g/mol. The highest BCUT2D eigenvalue weighted by Crippen LogP contribution is 2.25. The second-order valence-corrected chi connectivity index (χ2v) is 6.60. The number of rotatable bonds is 5. The summed E-state index contributed by atoms with van der Waals surface area (Å²) in [5, 5.41) is 24.5. The molecule has 10 nitrogen and oxygen atoms in total. The number of hydrogen-bond acceptors (Lipinski definition) is 6. The van der Waals surface area contributed by atoms with Crippen LogP contribution in [0.5, 0.6) is 0 Å². The van der Waals surface area contributed by atoms with Crippen LogP contribution in [-0.2, 0) is 0 Å². The highest BCUT2D eigenvalue weighted by atomic mass is 16.6. The molecule has 0 aliphatic carbocycles. The number of likely N-dealkylation sites (tertiary alicyclic amines) is 1. The number of nitrogens with one attached hydrogen (secondary N) is 1. The van der Waals surface area contributed by atoms with Crippen molar-refractivity contribution >= 4 is 28.9 Å². The minimum absolute atomic E-state index is 0.0754. The lowest BCUT2D eigenvalue weighted by molar-refractivity contribution is -0.394. The molecule has 0 radical (unpaired) electrons. The van der Waals surface area contributed by atoms with Crippen LogP contribution in [0.2, 0.25) is 0 Å². The molecule has 2 aromatic carbocycles. The van der Waals surface area contributed by atoms with Gasteiger partial charge >= 0.3 is 0 Å². The van der Waals surface area contributed by atoms with E-state index in [0.717, 1.165) is 50.6 Å². The topological polar surface area (TPSA) is 136 Å². The molecule has 1 saturated heterocycles. The van der Waals surface area contributed by atoms with Gasteiger partial charge in [-0.3, -0.25) is 29.8 Å². The van der Waals surface area contributed by atoms with Crippen LogP contribution in [0, 0.1) is 20.2 Å². The standard InChI is InChI=1S/C19H18N4O6/c24-18(16-9-8-15(22(26)27)12-17(16)23(28)29)20-14-6-4-13(5-7-14)19(25)21-10-2-1-3-11-21/h4-9,12H,1-3,10-11H2,(H,20,24). The Morgan fingerprint density at radius 2 is 1.55 bits per heavy atom. The lowest BCUT2D eigenvalue weighted by Crippen LogP contribution is -2.35. The Morgan fingerprint density at radius 1 is 0.897 bits per heavy atom. The van der Waals surface area contributed by atoms with E-state index < -0.39 is 27.1 Å². The van der Waals surface area contributed by atoms with E-state index in [0.29, 0.717) is 11.3 Å². The van der Waals surface area contributed by atoms with Gasteiger partial charge in [0.15, 0.2) is 0 Å². The van der Waals surface area contributed by atoms with Gasteiger partial charge in [-0.1, -0.05) is 0 Å². The van der Waals surface area contributed by atoms with E-state index >= 15 is 0 Å². The van der Waals surface area contributed by atoms with Gasteiger partial charge in [0.2, 0.25) is 0 Å². The summed E-state index contributed by atoms with van der Waals surface area (Å²) in [6.45, 7) is 1.45. The number of piperidine rings is 1. The Balaban J connectivity index is 1.75. The van der Waals surface area contributed by atoms with Gasteiger partial charge in [-0.05, 0) is 49.6 Å². The quantitative estimate of drug-likeness (QED) is 0.606. The van der Waals surface area contributed by atoms with Crippen molar-refractivity contribution in [3.8, 4) is 0 Å². The molecule has 0 spiro atoms. The molecule has 0 aromatic heterocycles. The molecule has 0 saturated carbocycles. The molecule has 10 heteroatoms. The molecule has 3 rings (SSSR count). The van der Waals surface area contributed by atoms with Gasteiger partial charge in [-0.2, -0.15) is 0 Å². The molecule has 0 atom stereocenters. The maximum absolute atomic E-state index is 12.5. The third-order valence-electron chi connectivity index (χ3n) is 4.67. The summed E-state index contributed by atoms with van der Waals surface area (Å²) in [5.74, 6) is -0.852. The second kappa shape index (κ2) is 8.46. The molecule has 2 amide bonds. The number of hydrogen-bond donors (Lipinski definition) is 1. The van der Waals surface area contributed by atoms with E-state index in [-0.39, 0.29) is 11.5 Å². The average Bonchev–Trinajstić information content (AvgIpc) is 2.73. The molecule has 0 bridgehead atoms. The maximum Gasteiger partial charge on any atom is 0.289 e. The zero-order valence-electron chi connectivity index (χ0n) is 15.4. The fraction of sp³-hybridized carbons (Fsp3) is 0.263. The van der Waals surface area contributed by atoms with Crippen molar-refractivity contribution in [2.24, 2.45) is 0 Å². The van der Waals surface area contributed by atoms with Crippen LogP contribution in [0.1, 0.15) is 40.0 Å². The number of benzene rings is 2. The highest BCUT2D eigenvalue weighted by molar-refractivity contribution is 6.07. The Hall–Kier alpha value is -3.82. The predicted octanol–water partition coefficient (Wildman–Crippen LogP) is 3.38. The van der Waals surface area contributed by atoms with Crippen LogP contribution in [-0.4, -0.2) is 39.7 Å². The van der Waals surface area contributed by atoms with Crippen molar-refractivity contribution < 1.29 is 19.4 Å². The summed E-state index contributed by atoms with van der Waals surface area (Å²) in [4.78, 5) is 47.1. The molecule has 1 fully saturated rings. The zero-order chi connectivity index (χ0) is 21.0. The molecule has 1 aliphatic heterocycles. The minimum atomic E-state index is -0.845. The van der Waals surface area contributed by atoms with Crippen LogP contribution >= 0.6 is 0 Å². The van der Waals surface area contributed by atoms with E-state index in [1.165, 1.54) is 12.1 Å². The van der Waals surface area contributed by atoms with Gasteiger partial charge < -0.3 is 10.2 Å². The summed E-state index contributed by atoms with van der Waals surface area (Å²) in [6.07, 6.45) is 3.07. The molecule has 1 aliphatic rings. The lowest BCUT2D eigenvalue weighted by Gasteiger charge is -2.26. The Labute approximate surface area is 165 Å². The van der Waals surface area contributed by atoms with Crippen molar-refractivity contribution in [3.05, 3.63) is 73.8 Å². The van der Waals surface area contributed by atoms with E-state index in [2.05, 4.69) is 5.32 Å². The number of nitrogens with zero attached hydrogens (tertiary/aromatic N) is 3. The number of amides is 2. The average molecular weight is 398 g/mol. The predicted molar refractivity (Wildman–Crippen MR) is 104 cm³/mol. The van der Waals surface area contributed by atoms with Crippen LogP contribution in [0.25, 0.3) is 0 Å². The Kier molecular flexibility index (Phi) is 5.82. The molecule has 0 unspecified atom stereocenters. The van der Waals surface area contributed by atoms with E-state index in [4.69, 9.17) is 0 Å². The lowest BCUT2D eigenvalue weighted by atomic mass is 10.1. The third kappa shape index (κ3) is 4.54. The first-order valence-electron chi connectivity index (χ1n) is 9.00. The second-order valence-electron chi connectivity index (χ2n) is 6.60. The van der Waals surface area contributed by atoms with Gasteiger partial charge in [0.05, 0.1) is 15.9 Å². The first kappa shape index (κ1) is 19.9. The van der Waals surface area contributed by atoms with Crippen LogP contribution in [0.4, 0.5) is 17.1 Å². The van der Waals surface area contributed by atoms with Crippen molar-refractivity contribution in [2.75, 3.05) is 18.4 Å². The molecule has 150 valence electrons.